The number of carbonyl (C=O) groups excluding carboxylic acids is 1. The molecule has 0 spiro atoms. The summed E-state index contributed by atoms with van der Waals surface area (Å²) >= 11 is 1.63. The van der Waals surface area contributed by atoms with Crippen molar-refractivity contribution >= 4 is 23.5 Å². The van der Waals surface area contributed by atoms with E-state index < -0.39 is 0 Å². The molecule has 0 fully saturated rings. The normalized spacial score (nSPS) is 10.8. The van der Waals surface area contributed by atoms with Crippen molar-refractivity contribution in [3.05, 3.63) is 82.0 Å². The summed E-state index contributed by atoms with van der Waals surface area (Å²) < 4.78 is 0. The smallest absolute Gasteiger partial charge is 0.267 e. The molecular formula is C19H16N2OS. The van der Waals surface area contributed by atoms with Crippen molar-refractivity contribution in [2.75, 3.05) is 0 Å². The standard InChI is InChI=1S/C19H16N2OS/c1-14-7-12-18(23-14)13-20-21-19(22)17-10-8-16(9-11-17)15-5-3-2-4-6-15/h2-13H,1H3,(H,21,22)/b20-13+. The SMILES string of the molecule is Cc1ccc(/C=N/NC(=O)c2ccc(-c3ccccc3)cc2)s1. The molecule has 0 saturated heterocycles. The summed E-state index contributed by atoms with van der Waals surface area (Å²) in [6.45, 7) is 2.04. The van der Waals surface area contributed by atoms with Gasteiger partial charge in [-0.05, 0) is 42.3 Å². The van der Waals surface area contributed by atoms with Crippen LogP contribution in [0.2, 0.25) is 0 Å². The fraction of sp³-hybridized carbons (Fsp3) is 0.0526. The lowest BCUT2D eigenvalue weighted by Crippen LogP contribution is -2.17. The zero-order valence-corrected chi connectivity index (χ0v) is 13.5. The summed E-state index contributed by atoms with van der Waals surface area (Å²) in [6.07, 6.45) is 1.66. The zero-order valence-electron chi connectivity index (χ0n) is 12.7. The highest BCUT2D eigenvalue weighted by Gasteiger charge is 2.04. The lowest BCUT2D eigenvalue weighted by atomic mass is 10.0. The Morgan fingerprint density at radius 1 is 0.957 bits per heavy atom. The van der Waals surface area contributed by atoms with Crippen LogP contribution in [0.1, 0.15) is 20.1 Å². The second-order valence-corrected chi connectivity index (χ2v) is 6.41. The molecule has 3 nitrogen and oxygen atoms in total. The first-order chi connectivity index (χ1) is 11.2. The largest absolute Gasteiger partial charge is 0.271 e. The predicted octanol–water partition coefficient (Wildman–Crippen LogP) is 4.49. The van der Waals surface area contributed by atoms with E-state index in [0.29, 0.717) is 5.56 Å². The molecule has 0 aliphatic heterocycles. The van der Waals surface area contributed by atoms with Crippen LogP contribution >= 0.6 is 11.3 Å². The van der Waals surface area contributed by atoms with Gasteiger partial charge in [-0.1, -0.05) is 42.5 Å². The minimum Gasteiger partial charge on any atom is -0.267 e. The number of amides is 1. The van der Waals surface area contributed by atoms with Crippen LogP contribution in [0.25, 0.3) is 11.1 Å². The predicted molar refractivity (Wildman–Crippen MR) is 96.0 cm³/mol. The quantitative estimate of drug-likeness (QED) is 0.558. The summed E-state index contributed by atoms with van der Waals surface area (Å²) in [7, 11) is 0. The van der Waals surface area contributed by atoms with Gasteiger partial charge in [-0.15, -0.1) is 11.3 Å². The molecule has 1 heterocycles. The Bertz CT molecular complexity index is 820. The van der Waals surface area contributed by atoms with Gasteiger partial charge in [0.15, 0.2) is 0 Å². The first-order valence-corrected chi connectivity index (χ1v) is 8.09. The molecule has 1 amide bonds. The highest BCUT2D eigenvalue weighted by molar-refractivity contribution is 7.13. The number of hydrogen-bond acceptors (Lipinski definition) is 3. The monoisotopic (exact) mass is 320 g/mol. The molecule has 0 saturated carbocycles. The molecule has 0 unspecified atom stereocenters. The van der Waals surface area contributed by atoms with Crippen molar-refractivity contribution in [1.82, 2.24) is 5.43 Å². The van der Waals surface area contributed by atoms with E-state index in [1.165, 1.54) is 4.88 Å². The molecule has 0 atom stereocenters. The maximum atomic E-state index is 12.1. The van der Waals surface area contributed by atoms with Gasteiger partial charge in [0.2, 0.25) is 0 Å². The third kappa shape index (κ3) is 3.93. The number of hydrogen-bond donors (Lipinski definition) is 1. The van der Waals surface area contributed by atoms with E-state index in [9.17, 15) is 4.79 Å². The van der Waals surface area contributed by atoms with Crippen molar-refractivity contribution in [2.24, 2.45) is 5.10 Å². The molecule has 3 aromatic rings. The Kier molecular flexibility index (Phi) is 4.64. The van der Waals surface area contributed by atoms with Gasteiger partial charge < -0.3 is 0 Å². The van der Waals surface area contributed by atoms with Crippen LogP contribution in [0.3, 0.4) is 0 Å². The second-order valence-electron chi connectivity index (χ2n) is 5.09. The van der Waals surface area contributed by atoms with E-state index in [-0.39, 0.29) is 5.91 Å². The number of nitrogens with one attached hydrogen (secondary N) is 1. The van der Waals surface area contributed by atoms with E-state index in [1.54, 1.807) is 17.6 Å². The topological polar surface area (TPSA) is 41.5 Å². The van der Waals surface area contributed by atoms with Crippen LogP contribution in [0.5, 0.6) is 0 Å². The van der Waals surface area contributed by atoms with Crippen LogP contribution in [0.15, 0.2) is 71.8 Å². The highest BCUT2D eigenvalue weighted by Crippen LogP contribution is 2.19. The Hall–Kier alpha value is -2.72. The van der Waals surface area contributed by atoms with E-state index in [1.807, 2.05) is 73.7 Å². The Balaban J connectivity index is 1.65. The number of hydrazone groups is 1. The lowest BCUT2D eigenvalue weighted by Gasteiger charge is -2.03. The van der Waals surface area contributed by atoms with Gasteiger partial charge in [-0.2, -0.15) is 5.10 Å². The molecule has 2 aromatic carbocycles. The zero-order chi connectivity index (χ0) is 16.1. The van der Waals surface area contributed by atoms with E-state index in [2.05, 4.69) is 10.5 Å². The summed E-state index contributed by atoms with van der Waals surface area (Å²) in [6, 6.07) is 21.6. The fourth-order valence-corrected chi connectivity index (χ4v) is 2.94. The average Bonchev–Trinajstić information content (AvgIpc) is 3.01. The van der Waals surface area contributed by atoms with Crippen LogP contribution < -0.4 is 5.43 Å². The number of aryl methyl sites for hydroxylation is 1. The first kappa shape index (κ1) is 15.2. The van der Waals surface area contributed by atoms with E-state index in [0.717, 1.165) is 16.0 Å². The van der Waals surface area contributed by atoms with Gasteiger partial charge in [-0.25, -0.2) is 5.43 Å². The van der Waals surface area contributed by atoms with Gasteiger partial charge in [0.05, 0.1) is 6.21 Å². The lowest BCUT2D eigenvalue weighted by molar-refractivity contribution is 0.0955. The second kappa shape index (κ2) is 7.03. The number of carbonyl (C=O) groups is 1. The minimum atomic E-state index is -0.214. The van der Waals surface area contributed by atoms with Crippen LogP contribution in [-0.2, 0) is 0 Å². The molecule has 23 heavy (non-hydrogen) atoms. The van der Waals surface area contributed by atoms with E-state index >= 15 is 0 Å². The van der Waals surface area contributed by atoms with Crippen molar-refractivity contribution < 1.29 is 4.79 Å². The van der Waals surface area contributed by atoms with Gasteiger partial charge in [0.25, 0.3) is 5.91 Å². The summed E-state index contributed by atoms with van der Waals surface area (Å²) in [4.78, 5) is 14.3. The molecule has 114 valence electrons. The maximum absolute atomic E-state index is 12.1. The molecule has 0 bridgehead atoms. The number of rotatable bonds is 4. The van der Waals surface area contributed by atoms with Gasteiger partial charge in [0.1, 0.15) is 0 Å². The van der Waals surface area contributed by atoms with Crippen LogP contribution in [0.4, 0.5) is 0 Å². The Morgan fingerprint density at radius 2 is 1.65 bits per heavy atom. The molecule has 1 aromatic heterocycles. The van der Waals surface area contributed by atoms with Gasteiger partial charge in [-0.3, -0.25) is 4.79 Å². The number of thiophene rings is 1. The van der Waals surface area contributed by atoms with Crippen molar-refractivity contribution in [3.8, 4) is 11.1 Å². The van der Waals surface area contributed by atoms with Crippen LogP contribution in [0, 0.1) is 6.92 Å². The maximum Gasteiger partial charge on any atom is 0.271 e. The van der Waals surface area contributed by atoms with Gasteiger partial charge >= 0.3 is 0 Å². The van der Waals surface area contributed by atoms with Crippen molar-refractivity contribution in [1.29, 1.82) is 0 Å². The third-order valence-corrected chi connectivity index (χ3v) is 4.31. The summed E-state index contributed by atoms with van der Waals surface area (Å²) in [5.74, 6) is -0.214. The molecular weight excluding hydrogens is 304 g/mol. The van der Waals surface area contributed by atoms with E-state index in [4.69, 9.17) is 0 Å². The highest BCUT2D eigenvalue weighted by atomic mass is 32.1. The number of benzene rings is 2. The Morgan fingerprint density at radius 3 is 2.30 bits per heavy atom. The average molecular weight is 320 g/mol. The molecule has 4 heteroatoms. The van der Waals surface area contributed by atoms with Crippen molar-refractivity contribution in [3.63, 3.8) is 0 Å². The van der Waals surface area contributed by atoms with Gasteiger partial charge in [0, 0.05) is 15.3 Å². The number of nitrogens with zero attached hydrogens (tertiary/aromatic N) is 1. The summed E-state index contributed by atoms with van der Waals surface area (Å²) in [5, 5.41) is 4.00. The molecule has 0 radical (unpaired) electrons. The third-order valence-electron chi connectivity index (χ3n) is 3.37. The first-order valence-electron chi connectivity index (χ1n) is 7.28. The molecule has 3 rings (SSSR count). The van der Waals surface area contributed by atoms with Crippen LogP contribution in [-0.4, -0.2) is 12.1 Å². The molecule has 0 aliphatic carbocycles. The van der Waals surface area contributed by atoms with Crippen molar-refractivity contribution in [2.45, 2.75) is 6.92 Å². The molecule has 1 N–H and O–H groups in total. The Labute approximate surface area is 139 Å². The minimum absolute atomic E-state index is 0.214. The fourth-order valence-electron chi connectivity index (χ4n) is 2.19. The molecule has 0 aliphatic rings. The summed E-state index contributed by atoms with van der Waals surface area (Å²) in [5.41, 5.74) is 5.35.